The van der Waals surface area contributed by atoms with E-state index in [1.54, 1.807) is 12.2 Å². The molecule has 1 aromatic heterocycles. The highest BCUT2D eigenvalue weighted by atomic mass is 15.3. The summed E-state index contributed by atoms with van der Waals surface area (Å²) in [7, 11) is 0. The number of hydrogen-bond donors (Lipinski definition) is 1. The van der Waals surface area contributed by atoms with E-state index in [4.69, 9.17) is 5.73 Å². The van der Waals surface area contributed by atoms with Crippen molar-refractivity contribution in [2.45, 2.75) is 32.7 Å². The average Bonchev–Trinajstić information content (AvgIpc) is 2.72. The Morgan fingerprint density at radius 3 is 3.06 bits per heavy atom. The Morgan fingerprint density at radius 1 is 1.47 bits per heavy atom. The molecule has 90 valence electrons. The van der Waals surface area contributed by atoms with Crippen molar-refractivity contribution in [3.8, 4) is 0 Å². The molecule has 2 N–H and O–H groups in total. The van der Waals surface area contributed by atoms with Crippen LogP contribution < -0.4 is 5.73 Å². The molecule has 0 unspecified atom stereocenters. The van der Waals surface area contributed by atoms with Crippen LogP contribution in [0.15, 0.2) is 29.5 Å². The molecular formula is C12H17N5. The molecule has 0 aromatic carbocycles. The van der Waals surface area contributed by atoms with Gasteiger partial charge in [0.05, 0.1) is 5.71 Å². The van der Waals surface area contributed by atoms with Gasteiger partial charge in [0.2, 0.25) is 0 Å². The minimum atomic E-state index is 0.436. The maximum Gasteiger partial charge on any atom is 0.178 e. The van der Waals surface area contributed by atoms with Crippen molar-refractivity contribution in [2.24, 2.45) is 10.7 Å². The number of hydrogen-bond acceptors (Lipinski definition) is 4. The maximum atomic E-state index is 5.71. The van der Waals surface area contributed by atoms with E-state index in [2.05, 4.69) is 26.3 Å². The molecule has 0 saturated carbocycles. The number of rotatable bonds is 3. The zero-order chi connectivity index (χ0) is 12.3. The summed E-state index contributed by atoms with van der Waals surface area (Å²) < 4.78 is 2.13. The first kappa shape index (κ1) is 11.6. The quantitative estimate of drug-likeness (QED) is 0.631. The van der Waals surface area contributed by atoms with E-state index in [1.165, 1.54) is 12.8 Å². The lowest BCUT2D eigenvalue weighted by Gasteiger charge is -2.14. The van der Waals surface area contributed by atoms with Gasteiger partial charge in [0.25, 0.3) is 0 Å². The molecule has 5 heteroatoms. The summed E-state index contributed by atoms with van der Waals surface area (Å²) in [6.45, 7) is 6.45. The first-order valence-electron chi connectivity index (χ1n) is 5.78. The Labute approximate surface area is 101 Å². The summed E-state index contributed by atoms with van der Waals surface area (Å²) in [5, 5.41) is 8.37. The molecule has 5 nitrogen and oxygen atoms in total. The van der Waals surface area contributed by atoms with Crippen LogP contribution in [0, 0.1) is 0 Å². The molecule has 0 fully saturated rings. The molecule has 1 aliphatic rings. The smallest absolute Gasteiger partial charge is 0.178 e. The van der Waals surface area contributed by atoms with Crippen LogP contribution in [-0.2, 0) is 13.0 Å². The highest BCUT2D eigenvalue weighted by Gasteiger charge is 2.17. The van der Waals surface area contributed by atoms with Crippen LogP contribution in [0.25, 0.3) is 0 Å². The topological polar surface area (TPSA) is 69.1 Å². The highest BCUT2D eigenvalue weighted by molar-refractivity contribution is 5.96. The monoisotopic (exact) mass is 231 g/mol. The number of aromatic nitrogens is 3. The van der Waals surface area contributed by atoms with Crippen molar-refractivity contribution in [1.82, 2.24) is 14.8 Å². The summed E-state index contributed by atoms with van der Waals surface area (Å²) in [6.07, 6.45) is 6.64. The summed E-state index contributed by atoms with van der Waals surface area (Å²) in [5.41, 5.74) is 6.51. The van der Waals surface area contributed by atoms with Gasteiger partial charge in [-0.15, -0.1) is 10.2 Å². The van der Waals surface area contributed by atoms with E-state index in [9.17, 15) is 0 Å². The first-order chi connectivity index (χ1) is 8.22. The van der Waals surface area contributed by atoms with Gasteiger partial charge in [-0.2, -0.15) is 0 Å². The Balaban J connectivity index is 2.31. The number of aliphatic imine (C=N–C) groups is 1. The van der Waals surface area contributed by atoms with Gasteiger partial charge in [-0.1, -0.05) is 12.7 Å². The second kappa shape index (κ2) is 4.95. The van der Waals surface area contributed by atoms with E-state index < -0.39 is 0 Å². The van der Waals surface area contributed by atoms with Crippen LogP contribution in [-0.4, -0.2) is 20.5 Å². The van der Waals surface area contributed by atoms with Gasteiger partial charge in [0.1, 0.15) is 11.6 Å². The van der Waals surface area contributed by atoms with Gasteiger partial charge >= 0.3 is 0 Å². The molecule has 2 heterocycles. The molecule has 0 atom stereocenters. The van der Waals surface area contributed by atoms with Crippen molar-refractivity contribution < 1.29 is 0 Å². The molecular weight excluding hydrogens is 214 g/mol. The van der Waals surface area contributed by atoms with E-state index in [-0.39, 0.29) is 0 Å². The minimum absolute atomic E-state index is 0.436. The van der Waals surface area contributed by atoms with E-state index >= 15 is 0 Å². The second-order valence-electron chi connectivity index (χ2n) is 4.07. The fraction of sp³-hybridized carbons (Fsp3) is 0.417. The molecule has 2 rings (SSSR count). The molecule has 1 aliphatic heterocycles. The van der Waals surface area contributed by atoms with Gasteiger partial charge in [0.15, 0.2) is 5.82 Å². The first-order valence-corrected chi connectivity index (χ1v) is 5.78. The van der Waals surface area contributed by atoms with E-state index in [0.717, 1.165) is 30.3 Å². The number of fused-ring (bicyclic) bond motifs is 1. The molecule has 1 aromatic rings. The van der Waals surface area contributed by atoms with Gasteiger partial charge in [-0.3, -0.25) is 0 Å². The van der Waals surface area contributed by atoms with Crippen LogP contribution >= 0.6 is 0 Å². The average molecular weight is 231 g/mol. The maximum absolute atomic E-state index is 5.71. The molecule has 17 heavy (non-hydrogen) atoms. The Bertz CT molecular complexity index is 481. The number of aryl methyl sites for hydroxylation is 1. The van der Waals surface area contributed by atoms with Crippen LogP contribution in [0.4, 0.5) is 0 Å². The lowest BCUT2D eigenvalue weighted by atomic mass is 10.1. The normalized spacial score (nSPS) is 16.8. The van der Waals surface area contributed by atoms with Crippen molar-refractivity contribution in [3.05, 3.63) is 36.2 Å². The highest BCUT2D eigenvalue weighted by Crippen LogP contribution is 2.14. The summed E-state index contributed by atoms with van der Waals surface area (Å²) in [6, 6.07) is 0. The lowest BCUT2D eigenvalue weighted by molar-refractivity contribution is 0.520. The number of nitrogens with two attached hydrogens (primary N) is 1. The van der Waals surface area contributed by atoms with Crippen molar-refractivity contribution >= 4 is 5.71 Å². The molecule has 0 spiro atoms. The van der Waals surface area contributed by atoms with E-state index in [1.807, 2.05) is 6.92 Å². The SMILES string of the molecule is C=C/C=C(N)\N=C(/C)c1nnc2n1CCCC2. The molecule has 0 aliphatic carbocycles. The second-order valence-corrected chi connectivity index (χ2v) is 4.07. The van der Waals surface area contributed by atoms with Crippen LogP contribution in [0.5, 0.6) is 0 Å². The summed E-state index contributed by atoms with van der Waals surface area (Å²) >= 11 is 0. The van der Waals surface area contributed by atoms with Gasteiger partial charge in [-0.05, 0) is 25.8 Å². The Morgan fingerprint density at radius 2 is 2.29 bits per heavy atom. The lowest BCUT2D eigenvalue weighted by Crippen LogP contribution is -2.16. The van der Waals surface area contributed by atoms with Crippen LogP contribution in [0.1, 0.15) is 31.4 Å². The third-order valence-corrected chi connectivity index (χ3v) is 2.77. The van der Waals surface area contributed by atoms with Crippen LogP contribution in [0.3, 0.4) is 0 Å². The minimum Gasteiger partial charge on any atom is -0.384 e. The zero-order valence-corrected chi connectivity index (χ0v) is 10.1. The largest absolute Gasteiger partial charge is 0.384 e. The Hall–Kier alpha value is -1.91. The molecule has 0 radical (unpaired) electrons. The molecule has 0 saturated heterocycles. The van der Waals surface area contributed by atoms with Crippen molar-refractivity contribution in [1.29, 1.82) is 0 Å². The van der Waals surface area contributed by atoms with Gasteiger partial charge in [0, 0.05) is 13.0 Å². The molecule has 0 bridgehead atoms. The van der Waals surface area contributed by atoms with Crippen molar-refractivity contribution in [3.63, 3.8) is 0 Å². The standard InChI is InChI=1S/C12H17N5/c1-3-6-10(13)14-9(2)12-16-15-11-7-4-5-8-17(11)12/h3,6H,1,4-5,7-8,13H2,2H3/b10-6-,14-9+. The third kappa shape index (κ3) is 2.43. The third-order valence-electron chi connectivity index (χ3n) is 2.77. The van der Waals surface area contributed by atoms with Gasteiger partial charge < -0.3 is 10.3 Å². The zero-order valence-electron chi connectivity index (χ0n) is 10.1. The summed E-state index contributed by atoms with van der Waals surface area (Å²) in [5.74, 6) is 2.30. The van der Waals surface area contributed by atoms with Crippen LogP contribution in [0.2, 0.25) is 0 Å². The van der Waals surface area contributed by atoms with Crippen molar-refractivity contribution in [2.75, 3.05) is 0 Å². The molecule has 0 amide bonds. The van der Waals surface area contributed by atoms with Gasteiger partial charge in [-0.25, -0.2) is 4.99 Å². The number of allylic oxidation sites excluding steroid dienone is 2. The summed E-state index contributed by atoms with van der Waals surface area (Å²) in [4.78, 5) is 4.28. The fourth-order valence-corrected chi connectivity index (χ4v) is 1.98. The predicted octanol–water partition coefficient (Wildman–Crippen LogP) is 1.41. The Kier molecular flexibility index (Phi) is 3.37. The number of nitrogens with zero attached hydrogens (tertiary/aromatic N) is 4. The van der Waals surface area contributed by atoms with E-state index in [0.29, 0.717) is 5.82 Å². The fourth-order valence-electron chi connectivity index (χ4n) is 1.98. The predicted molar refractivity (Wildman–Crippen MR) is 67.6 cm³/mol.